The van der Waals surface area contributed by atoms with Crippen molar-refractivity contribution in [2.45, 2.75) is 39.7 Å². The summed E-state index contributed by atoms with van der Waals surface area (Å²) in [5.74, 6) is 0.370. The van der Waals surface area contributed by atoms with Crippen LogP contribution in [0.2, 0.25) is 0 Å². The molecule has 0 heterocycles. The lowest BCUT2D eigenvalue weighted by Crippen LogP contribution is -2.19. The van der Waals surface area contributed by atoms with Gasteiger partial charge in [-0.15, -0.1) is 0 Å². The van der Waals surface area contributed by atoms with Crippen molar-refractivity contribution < 1.29 is 9.53 Å². The van der Waals surface area contributed by atoms with Crippen LogP contribution < -0.4 is 5.32 Å². The highest BCUT2D eigenvalue weighted by Crippen LogP contribution is 2.18. The second-order valence-electron chi connectivity index (χ2n) is 4.84. The average molecular weight is 249 g/mol. The number of nitrogens with one attached hydrogen (secondary N) is 1. The Bertz CT molecular complexity index is 399. The van der Waals surface area contributed by atoms with E-state index in [0.717, 1.165) is 6.54 Å². The number of benzene rings is 1. The fourth-order valence-corrected chi connectivity index (χ4v) is 1.76. The molecule has 1 N–H and O–H groups in total. The van der Waals surface area contributed by atoms with Gasteiger partial charge in [0.05, 0.1) is 13.5 Å². The molecule has 0 saturated heterocycles. The summed E-state index contributed by atoms with van der Waals surface area (Å²) in [6, 6.07) is 6.58. The minimum Gasteiger partial charge on any atom is -0.469 e. The molecule has 0 radical (unpaired) electrons. The quantitative estimate of drug-likeness (QED) is 0.622. The summed E-state index contributed by atoms with van der Waals surface area (Å²) in [7, 11) is 1.42. The van der Waals surface area contributed by atoms with Crippen molar-refractivity contribution in [3.8, 4) is 0 Å². The minimum atomic E-state index is -0.171. The van der Waals surface area contributed by atoms with Gasteiger partial charge in [0.1, 0.15) is 0 Å². The van der Waals surface area contributed by atoms with E-state index in [2.05, 4.69) is 49.0 Å². The predicted molar refractivity (Wildman–Crippen MR) is 73.6 cm³/mol. The van der Waals surface area contributed by atoms with Crippen LogP contribution in [0, 0.1) is 6.92 Å². The minimum absolute atomic E-state index is 0.171. The Morgan fingerprint density at radius 2 is 2.11 bits per heavy atom. The third-order valence-electron chi connectivity index (χ3n) is 3.09. The van der Waals surface area contributed by atoms with E-state index in [9.17, 15) is 4.79 Å². The van der Waals surface area contributed by atoms with Gasteiger partial charge in [-0.1, -0.05) is 32.0 Å². The number of esters is 1. The van der Waals surface area contributed by atoms with Gasteiger partial charge < -0.3 is 10.1 Å². The monoisotopic (exact) mass is 249 g/mol. The Labute approximate surface area is 110 Å². The van der Waals surface area contributed by atoms with E-state index < -0.39 is 0 Å². The average Bonchev–Trinajstić information content (AvgIpc) is 2.35. The molecule has 100 valence electrons. The molecule has 0 unspecified atom stereocenters. The van der Waals surface area contributed by atoms with Crippen molar-refractivity contribution in [3.63, 3.8) is 0 Å². The van der Waals surface area contributed by atoms with Gasteiger partial charge in [-0.05, 0) is 29.5 Å². The lowest BCUT2D eigenvalue weighted by molar-refractivity contribution is -0.140. The van der Waals surface area contributed by atoms with Gasteiger partial charge in [0.2, 0.25) is 0 Å². The zero-order chi connectivity index (χ0) is 13.5. The highest BCUT2D eigenvalue weighted by Gasteiger charge is 2.04. The van der Waals surface area contributed by atoms with Crippen LogP contribution in [0.25, 0.3) is 0 Å². The normalized spacial score (nSPS) is 10.7. The van der Waals surface area contributed by atoms with Gasteiger partial charge in [0.25, 0.3) is 0 Å². The zero-order valence-corrected chi connectivity index (χ0v) is 11.7. The van der Waals surface area contributed by atoms with Crippen molar-refractivity contribution in [2.24, 2.45) is 0 Å². The van der Waals surface area contributed by atoms with Crippen LogP contribution in [0.1, 0.15) is 42.9 Å². The molecular weight excluding hydrogens is 226 g/mol. The summed E-state index contributed by atoms with van der Waals surface area (Å²) in [6.45, 7) is 7.95. The van der Waals surface area contributed by atoms with Gasteiger partial charge in [-0.25, -0.2) is 0 Å². The second kappa shape index (κ2) is 7.17. The largest absolute Gasteiger partial charge is 0.469 e. The molecule has 0 aliphatic rings. The van der Waals surface area contributed by atoms with Crippen molar-refractivity contribution in [1.29, 1.82) is 0 Å². The smallest absolute Gasteiger partial charge is 0.306 e. The van der Waals surface area contributed by atoms with Gasteiger partial charge >= 0.3 is 5.97 Å². The predicted octanol–water partition coefficient (Wildman–Crippen LogP) is 2.77. The number of ether oxygens (including phenoxy) is 1. The lowest BCUT2D eigenvalue weighted by atomic mass is 9.98. The number of carbonyl (C=O) groups excluding carboxylic acids is 1. The van der Waals surface area contributed by atoms with Crippen molar-refractivity contribution in [1.82, 2.24) is 5.32 Å². The van der Waals surface area contributed by atoms with Crippen LogP contribution in [0.3, 0.4) is 0 Å². The molecule has 1 rings (SSSR count). The van der Waals surface area contributed by atoms with Crippen LogP contribution in [0.5, 0.6) is 0 Å². The molecular formula is C15H23NO2. The molecule has 0 saturated carbocycles. The number of aryl methyl sites for hydroxylation is 1. The maximum atomic E-state index is 11.0. The third kappa shape index (κ3) is 4.49. The molecule has 0 aliphatic heterocycles. The van der Waals surface area contributed by atoms with E-state index in [-0.39, 0.29) is 5.97 Å². The molecule has 0 atom stereocenters. The molecule has 0 amide bonds. The standard InChI is InChI=1S/C15H23NO2/c1-11(2)13-6-5-12(3)14(9-13)10-16-8-7-15(17)18-4/h5-6,9,11,16H,7-8,10H2,1-4H3. The Morgan fingerprint density at radius 1 is 1.39 bits per heavy atom. The number of carbonyl (C=O) groups is 1. The van der Waals surface area contributed by atoms with Crippen molar-refractivity contribution >= 4 is 5.97 Å². The molecule has 1 aromatic rings. The van der Waals surface area contributed by atoms with E-state index in [1.807, 2.05) is 0 Å². The first-order chi connectivity index (χ1) is 8.54. The fourth-order valence-electron chi connectivity index (χ4n) is 1.76. The van der Waals surface area contributed by atoms with Crippen LogP contribution in [0.15, 0.2) is 18.2 Å². The SMILES string of the molecule is COC(=O)CCNCc1cc(C(C)C)ccc1C. The number of hydrogen-bond donors (Lipinski definition) is 1. The Kier molecular flexibility index (Phi) is 5.86. The maximum Gasteiger partial charge on any atom is 0.306 e. The summed E-state index contributed by atoms with van der Waals surface area (Å²) in [5.41, 5.74) is 3.93. The fraction of sp³-hybridized carbons (Fsp3) is 0.533. The van der Waals surface area contributed by atoms with Gasteiger partial charge in [0.15, 0.2) is 0 Å². The first-order valence-electron chi connectivity index (χ1n) is 6.41. The highest BCUT2D eigenvalue weighted by molar-refractivity contribution is 5.69. The van der Waals surface area contributed by atoms with E-state index in [1.165, 1.54) is 23.8 Å². The Morgan fingerprint density at radius 3 is 2.72 bits per heavy atom. The molecule has 18 heavy (non-hydrogen) atoms. The lowest BCUT2D eigenvalue weighted by Gasteiger charge is -2.12. The van der Waals surface area contributed by atoms with Crippen LogP contribution in [-0.4, -0.2) is 19.6 Å². The van der Waals surface area contributed by atoms with E-state index in [1.54, 1.807) is 0 Å². The third-order valence-corrected chi connectivity index (χ3v) is 3.09. The number of rotatable bonds is 6. The number of methoxy groups -OCH3 is 1. The first-order valence-corrected chi connectivity index (χ1v) is 6.41. The maximum absolute atomic E-state index is 11.0. The van der Waals surface area contributed by atoms with Crippen LogP contribution in [0.4, 0.5) is 0 Å². The number of hydrogen-bond acceptors (Lipinski definition) is 3. The van der Waals surface area contributed by atoms with E-state index in [0.29, 0.717) is 18.9 Å². The van der Waals surface area contributed by atoms with Gasteiger partial charge in [-0.2, -0.15) is 0 Å². The van der Waals surface area contributed by atoms with Gasteiger partial charge in [0, 0.05) is 13.1 Å². The molecule has 0 aromatic heterocycles. The van der Waals surface area contributed by atoms with Crippen LogP contribution >= 0.6 is 0 Å². The van der Waals surface area contributed by atoms with E-state index >= 15 is 0 Å². The summed E-state index contributed by atoms with van der Waals surface area (Å²) in [6.07, 6.45) is 0.416. The topological polar surface area (TPSA) is 38.3 Å². The first kappa shape index (κ1) is 14.7. The summed E-state index contributed by atoms with van der Waals surface area (Å²) < 4.78 is 4.60. The molecule has 0 bridgehead atoms. The van der Waals surface area contributed by atoms with Crippen molar-refractivity contribution in [3.05, 3.63) is 34.9 Å². The Balaban J connectivity index is 2.51. The molecule has 0 spiro atoms. The molecule has 1 aromatic carbocycles. The van der Waals surface area contributed by atoms with Crippen LogP contribution in [-0.2, 0) is 16.1 Å². The molecule has 3 heteroatoms. The van der Waals surface area contributed by atoms with E-state index in [4.69, 9.17) is 0 Å². The second-order valence-corrected chi connectivity index (χ2v) is 4.84. The summed E-state index contributed by atoms with van der Waals surface area (Å²) in [4.78, 5) is 11.0. The van der Waals surface area contributed by atoms with Crippen molar-refractivity contribution in [2.75, 3.05) is 13.7 Å². The molecule has 3 nitrogen and oxygen atoms in total. The summed E-state index contributed by atoms with van der Waals surface area (Å²) in [5, 5.41) is 3.27. The summed E-state index contributed by atoms with van der Waals surface area (Å²) >= 11 is 0. The molecule has 0 aliphatic carbocycles. The molecule has 0 fully saturated rings. The highest BCUT2D eigenvalue weighted by atomic mass is 16.5. The van der Waals surface area contributed by atoms with Gasteiger partial charge in [-0.3, -0.25) is 4.79 Å². The zero-order valence-electron chi connectivity index (χ0n) is 11.7. The Hall–Kier alpha value is -1.35.